The first kappa shape index (κ1) is 22.7. The predicted molar refractivity (Wildman–Crippen MR) is 129 cm³/mol. The summed E-state index contributed by atoms with van der Waals surface area (Å²) in [6.45, 7) is 4.56. The van der Waals surface area contributed by atoms with E-state index in [1.165, 1.54) is 28.8 Å². The SMILES string of the molecule is Cc1cccc(C)c1CSc1ncc(C(=O)N(C)Cc2ccccn2)n1-c1ccc(F)cc1. The molecule has 0 aliphatic rings. The smallest absolute Gasteiger partial charge is 0.272 e. The average molecular weight is 461 g/mol. The van der Waals surface area contributed by atoms with Gasteiger partial charge in [-0.15, -0.1) is 0 Å². The molecule has 0 saturated heterocycles. The third kappa shape index (κ3) is 5.14. The van der Waals surface area contributed by atoms with Crippen LogP contribution in [-0.2, 0) is 12.3 Å². The lowest BCUT2D eigenvalue weighted by molar-refractivity contribution is 0.0775. The van der Waals surface area contributed by atoms with E-state index in [1.807, 2.05) is 24.3 Å². The highest BCUT2D eigenvalue weighted by Crippen LogP contribution is 2.29. The Morgan fingerprint density at radius 1 is 1.00 bits per heavy atom. The predicted octanol–water partition coefficient (Wildman–Crippen LogP) is 5.59. The molecule has 0 spiro atoms. The standard InChI is InChI=1S/C26H25FN4OS/c1-18-7-6-8-19(2)23(18)17-33-26-29-15-24(31(26)22-12-10-20(27)11-13-22)25(32)30(3)16-21-9-4-5-14-28-21/h4-15H,16-17H2,1-3H3. The van der Waals surface area contributed by atoms with Gasteiger partial charge < -0.3 is 4.90 Å². The molecule has 33 heavy (non-hydrogen) atoms. The zero-order chi connectivity index (χ0) is 23.4. The fraction of sp³-hybridized carbons (Fsp3) is 0.192. The number of carbonyl (C=O) groups is 1. The van der Waals surface area contributed by atoms with Crippen LogP contribution in [0.2, 0.25) is 0 Å². The van der Waals surface area contributed by atoms with E-state index in [1.54, 1.807) is 52.8 Å². The second kappa shape index (κ2) is 10.0. The normalized spacial score (nSPS) is 10.9. The van der Waals surface area contributed by atoms with E-state index in [0.29, 0.717) is 28.8 Å². The van der Waals surface area contributed by atoms with Crippen molar-refractivity contribution in [3.8, 4) is 5.69 Å². The number of carbonyl (C=O) groups excluding carboxylic acids is 1. The van der Waals surface area contributed by atoms with Crippen LogP contribution in [-0.4, -0.2) is 32.4 Å². The number of nitrogens with zero attached hydrogens (tertiary/aromatic N) is 4. The van der Waals surface area contributed by atoms with Crippen molar-refractivity contribution in [1.29, 1.82) is 0 Å². The molecule has 7 heteroatoms. The maximum atomic E-state index is 13.6. The van der Waals surface area contributed by atoms with Crippen LogP contribution in [0.25, 0.3) is 5.69 Å². The molecule has 0 aliphatic heterocycles. The van der Waals surface area contributed by atoms with Crippen molar-refractivity contribution in [1.82, 2.24) is 19.4 Å². The molecule has 4 rings (SSSR count). The quantitative estimate of drug-likeness (QED) is 0.338. The fourth-order valence-electron chi connectivity index (χ4n) is 3.64. The number of rotatable bonds is 7. The van der Waals surface area contributed by atoms with Gasteiger partial charge in [0.15, 0.2) is 5.16 Å². The van der Waals surface area contributed by atoms with Crippen LogP contribution in [0.3, 0.4) is 0 Å². The third-order valence-corrected chi connectivity index (χ3v) is 6.47. The number of imidazole rings is 1. The molecule has 0 saturated carbocycles. The number of aromatic nitrogens is 3. The van der Waals surface area contributed by atoms with Gasteiger partial charge in [0.2, 0.25) is 0 Å². The molecule has 0 radical (unpaired) electrons. The lowest BCUT2D eigenvalue weighted by Gasteiger charge is -2.18. The first-order valence-corrected chi connectivity index (χ1v) is 11.6. The molecule has 5 nitrogen and oxygen atoms in total. The van der Waals surface area contributed by atoms with Gasteiger partial charge in [0, 0.05) is 24.7 Å². The molecule has 0 atom stereocenters. The van der Waals surface area contributed by atoms with Gasteiger partial charge in [-0.05, 0) is 66.9 Å². The van der Waals surface area contributed by atoms with Crippen LogP contribution in [0.5, 0.6) is 0 Å². The number of amides is 1. The summed E-state index contributed by atoms with van der Waals surface area (Å²) in [5.74, 6) is 0.203. The summed E-state index contributed by atoms with van der Waals surface area (Å²) in [6, 6.07) is 18.0. The largest absolute Gasteiger partial charge is 0.334 e. The Morgan fingerprint density at radius 2 is 1.73 bits per heavy atom. The number of pyridine rings is 1. The highest BCUT2D eigenvalue weighted by molar-refractivity contribution is 7.98. The zero-order valence-electron chi connectivity index (χ0n) is 18.8. The van der Waals surface area contributed by atoms with E-state index in [2.05, 4.69) is 35.9 Å². The number of hydrogen-bond acceptors (Lipinski definition) is 4. The van der Waals surface area contributed by atoms with Crippen LogP contribution in [0.15, 0.2) is 78.2 Å². The van der Waals surface area contributed by atoms with Crippen LogP contribution >= 0.6 is 11.8 Å². The minimum absolute atomic E-state index is 0.184. The van der Waals surface area contributed by atoms with Gasteiger partial charge >= 0.3 is 0 Å². The number of thioether (sulfide) groups is 1. The van der Waals surface area contributed by atoms with E-state index in [4.69, 9.17) is 0 Å². The summed E-state index contributed by atoms with van der Waals surface area (Å²) >= 11 is 1.56. The summed E-state index contributed by atoms with van der Waals surface area (Å²) in [5.41, 5.74) is 5.58. The van der Waals surface area contributed by atoms with Crippen LogP contribution in [0, 0.1) is 19.7 Å². The highest BCUT2D eigenvalue weighted by atomic mass is 32.2. The monoisotopic (exact) mass is 460 g/mol. The molecule has 4 aromatic rings. The summed E-state index contributed by atoms with van der Waals surface area (Å²) in [4.78, 5) is 23.8. The van der Waals surface area contributed by atoms with Gasteiger partial charge in [-0.25, -0.2) is 9.37 Å². The van der Waals surface area contributed by atoms with Gasteiger partial charge in [0.25, 0.3) is 5.91 Å². The maximum Gasteiger partial charge on any atom is 0.272 e. The van der Waals surface area contributed by atoms with Crippen molar-refractivity contribution in [2.75, 3.05) is 7.05 Å². The van der Waals surface area contributed by atoms with Crippen molar-refractivity contribution >= 4 is 17.7 Å². The van der Waals surface area contributed by atoms with Crippen molar-refractivity contribution < 1.29 is 9.18 Å². The summed E-state index contributed by atoms with van der Waals surface area (Å²) < 4.78 is 15.4. The van der Waals surface area contributed by atoms with Crippen LogP contribution < -0.4 is 0 Å². The van der Waals surface area contributed by atoms with Crippen molar-refractivity contribution in [2.24, 2.45) is 0 Å². The Bertz CT molecular complexity index is 1240. The molecule has 168 valence electrons. The molecular weight excluding hydrogens is 435 g/mol. The second-order valence-electron chi connectivity index (χ2n) is 7.88. The molecule has 2 heterocycles. The van der Waals surface area contributed by atoms with E-state index in [0.717, 1.165) is 5.69 Å². The van der Waals surface area contributed by atoms with Gasteiger partial charge in [0.05, 0.1) is 18.4 Å². The van der Waals surface area contributed by atoms with Gasteiger partial charge in [-0.1, -0.05) is 36.0 Å². The summed E-state index contributed by atoms with van der Waals surface area (Å²) in [6.07, 6.45) is 3.30. The average Bonchev–Trinajstić information content (AvgIpc) is 3.23. The Hall–Kier alpha value is -3.45. The molecule has 0 fully saturated rings. The van der Waals surface area contributed by atoms with E-state index in [9.17, 15) is 9.18 Å². The number of benzene rings is 2. The molecule has 0 unspecified atom stereocenters. The highest BCUT2D eigenvalue weighted by Gasteiger charge is 2.22. The van der Waals surface area contributed by atoms with Crippen molar-refractivity contribution in [2.45, 2.75) is 31.3 Å². The lowest BCUT2D eigenvalue weighted by atomic mass is 10.1. The Kier molecular flexibility index (Phi) is 6.89. The molecule has 1 amide bonds. The van der Waals surface area contributed by atoms with E-state index < -0.39 is 0 Å². The minimum atomic E-state index is -0.330. The van der Waals surface area contributed by atoms with Gasteiger partial charge in [0.1, 0.15) is 11.5 Å². The first-order valence-electron chi connectivity index (χ1n) is 10.6. The molecule has 2 aromatic heterocycles. The topological polar surface area (TPSA) is 51.0 Å². The lowest BCUT2D eigenvalue weighted by Crippen LogP contribution is -2.28. The molecule has 0 N–H and O–H groups in total. The van der Waals surface area contributed by atoms with Crippen LogP contribution in [0.4, 0.5) is 4.39 Å². The Labute approximate surface area is 197 Å². The van der Waals surface area contributed by atoms with E-state index >= 15 is 0 Å². The van der Waals surface area contributed by atoms with Crippen LogP contribution in [0.1, 0.15) is 32.9 Å². The van der Waals surface area contributed by atoms with Crippen molar-refractivity contribution in [3.05, 3.63) is 107 Å². The minimum Gasteiger partial charge on any atom is -0.334 e. The van der Waals surface area contributed by atoms with E-state index in [-0.39, 0.29) is 11.7 Å². The summed E-state index contributed by atoms with van der Waals surface area (Å²) in [7, 11) is 1.74. The first-order chi connectivity index (χ1) is 15.9. The summed E-state index contributed by atoms with van der Waals surface area (Å²) in [5, 5.41) is 0.679. The van der Waals surface area contributed by atoms with Gasteiger partial charge in [-0.2, -0.15) is 0 Å². The molecule has 0 bridgehead atoms. The number of hydrogen-bond donors (Lipinski definition) is 0. The molecular formula is C26H25FN4OS. The van der Waals surface area contributed by atoms with Crippen molar-refractivity contribution in [3.63, 3.8) is 0 Å². The second-order valence-corrected chi connectivity index (χ2v) is 8.82. The number of halogens is 1. The fourth-order valence-corrected chi connectivity index (χ4v) is 4.83. The molecule has 2 aromatic carbocycles. The molecule has 0 aliphatic carbocycles. The maximum absolute atomic E-state index is 13.6. The van der Waals surface area contributed by atoms with Gasteiger partial charge in [-0.3, -0.25) is 14.3 Å². The zero-order valence-corrected chi connectivity index (χ0v) is 19.6. The number of aryl methyl sites for hydroxylation is 2. The Balaban J connectivity index is 1.66. The Morgan fingerprint density at radius 3 is 2.39 bits per heavy atom. The third-order valence-electron chi connectivity index (χ3n) is 5.50.